The predicted octanol–water partition coefficient (Wildman–Crippen LogP) is 2.06. The molecule has 0 saturated carbocycles. The maximum atomic E-state index is 8.70. The van der Waals surface area contributed by atoms with E-state index in [9.17, 15) is 0 Å². The van der Waals surface area contributed by atoms with Crippen molar-refractivity contribution in [3.05, 3.63) is 59.7 Å². The van der Waals surface area contributed by atoms with Crippen LogP contribution in [0.2, 0.25) is 0 Å². The monoisotopic (exact) mass is 236 g/mol. The van der Waals surface area contributed by atoms with Gasteiger partial charge >= 0.3 is 0 Å². The minimum Gasteiger partial charge on any atom is -0.192 e. The summed E-state index contributed by atoms with van der Waals surface area (Å²) in [4.78, 5) is 0. The quantitative estimate of drug-likeness (QED) is 0.749. The molecular weight excluding hydrogens is 227 g/mol. The molecule has 0 atom stereocenters. The molecule has 2 aromatic carbocycles. The minimum absolute atomic E-state index is 0.553. The van der Waals surface area contributed by atoms with Gasteiger partial charge in [-0.15, -0.1) is 0 Å². The van der Waals surface area contributed by atoms with Gasteiger partial charge in [0.15, 0.2) is 0 Å². The standard InChI is InChI=1S/C14H9N2P/c15-9-11-1-5-13(6-2-11)17-14-7-3-12(10-16)4-8-14/h1-8,17H. The van der Waals surface area contributed by atoms with Crippen molar-refractivity contribution in [2.45, 2.75) is 0 Å². The van der Waals surface area contributed by atoms with Crippen molar-refractivity contribution < 1.29 is 0 Å². The van der Waals surface area contributed by atoms with E-state index in [0.717, 1.165) is 0 Å². The summed E-state index contributed by atoms with van der Waals surface area (Å²) in [7, 11) is 0.553. The highest BCUT2D eigenvalue weighted by molar-refractivity contribution is 7.55. The zero-order valence-corrected chi connectivity index (χ0v) is 10.0. The average molecular weight is 236 g/mol. The molecule has 0 fully saturated rings. The molecule has 80 valence electrons. The highest BCUT2D eigenvalue weighted by Gasteiger charge is 1.97. The first-order valence-electron chi connectivity index (χ1n) is 5.09. The topological polar surface area (TPSA) is 47.6 Å². The second kappa shape index (κ2) is 5.26. The fourth-order valence-corrected chi connectivity index (χ4v) is 2.42. The van der Waals surface area contributed by atoms with Crippen LogP contribution in [0.3, 0.4) is 0 Å². The molecule has 2 nitrogen and oxygen atoms in total. The van der Waals surface area contributed by atoms with Gasteiger partial charge in [0, 0.05) is 0 Å². The molecule has 0 amide bonds. The molecular formula is C14H9N2P. The van der Waals surface area contributed by atoms with Crippen molar-refractivity contribution >= 4 is 19.2 Å². The van der Waals surface area contributed by atoms with Gasteiger partial charge in [0.2, 0.25) is 0 Å². The molecule has 0 aliphatic rings. The maximum absolute atomic E-state index is 8.70. The van der Waals surface area contributed by atoms with Crippen LogP contribution in [0.4, 0.5) is 0 Å². The van der Waals surface area contributed by atoms with E-state index in [1.807, 2.05) is 48.5 Å². The van der Waals surface area contributed by atoms with E-state index in [0.29, 0.717) is 19.7 Å². The third-order valence-corrected chi connectivity index (χ3v) is 3.56. The summed E-state index contributed by atoms with van der Waals surface area (Å²) in [5.74, 6) is 0. The molecule has 0 heterocycles. The molecule has 0 saturated heterocycles. The van der Waals surface area contributed by atoms with Crippen LogP contribution in [0.15, 0.2) is 48.5 Å². The maximum Gasteiger partial charge on any atom is 0.0991 e. The summed E-state index contributed by atoms with van der Waals surface area (Å²) in [6, 6.07) is 19.4. The molecule has 3 heteroatoms. The lowest BCUT2D eigenvalue weighted by atomic mass is 10.2. The van der Waals surface area contributed by atoms with Crippen LogP contribution in [0.25, 0.3) is 0 Å². The van der Waals surface area contributed by atoms with Gasteiger partial charge in [0.1, 0.15) is 0 Å². The first-order valence-corrected chi connectivity index (χ1v) is 6.09. The first-order chi connectivity index (χ1) is 8.31. The van der Waals surface area contributed by atoms with Crippen LogP contribution in [-0.2, 0) is 0 Å². The Labute approximate surface area is 102 Å². The van der Waals surface area contributed by atoms with Crippen LogP contribution in [0.5, 0.6) is 0 Å². The molecule has 2 aromatic rings. The third kappa shape index (κ3) is 2.91. The molecule has 0 spiro atoms. The third-order valence-electron chi connectivity index (χ3n) is 2.32. The zero-order chi connectivity index (χ0) is 12.1. The van der Waals surface area contributed by atoms with E-state index in [1.54, 1.807) is 0 Å². The lowest BCUT2D eigenvalue weighted by Gasteiger charge is -2.02. The van der Waals surface area contributed by atoms with E-state index in [-0.39, 0.29) is 0 Å². The van der Waals surface area contributed by atoms with Crippen LogP contribution in [0, 0.1) is 22.7 Å². The van der Waals surface area contributed by atoms with Crippen molar-refractivity contribution in [1.29, 1.82) is 10.5 Å². The Morgan fingerprint density at radius 3 is 1.29 bits per heavy atom. The molecule has 0 radical (unpaired) electrons. The fraction of sp³-hybridized carbons (Fsp3) is 0. The number of hydrogen-bond acceptors (Lipinski definition) is 2. The summed E-state index contributed by atoms with van der Waals surface area (Å²) in [6.45, 7) is 0. The second-order valence-corrected chi connectivity index (χ2v) is 4.91. The van der Waals surface area contributed by atoms with E-state index in [4.69, 9.17) is 10.5 Å². The molecule has 0 unspecified atom stereocenters. The largest absolute Gasteiger partial charge is 0.192 e. The molecule has 0 aliphatic carbocycles. The molecule has 2 rings (SSSR count). The summed E-state index contributed by atoms with van der Waals surface area (Å²) in [5, 5.41) is 19.8. The highest BCUT2D eigenvalue weighted by atomic mass is 31.1. The van der Waals surface area contributed by atoms with Crippen LogP contribution >= 0.6 is 8.58 Å². The molecule has 0 N–H and O–H groups in total. The fourth-order valence-electron chi connectivity index (χ4n) is 1.42. The number of benzene rings is 2. The zero-order valence-electron chi connectivity index (χ0n) is 9.01. The SMILES string of the molecule is N#Cc1ccc(Pc2ccc(C#N)cc2)cc1. The second-order valence-electron chi connectivity index (χ2n) is 3.50. The first kappa shape index (κ1) is 11.3. The molecule has 0 aliphatic heterocycles. The number of hydrogen-bond donors (Lipinski definition) is 0. The normalized spacial score (nSPS) is 9.29. The Morgan fingerprint density at radius 2 is 1.00 bits per heavy atom. The lowest BCUT2D eigenvalue weighted by Crippen LogP contribution is -2.02. The molecule has 17 heavy (non-hydrogen) atoms. The Hall–Kier alpha value is -2.15. The predicted molar refractivity (Wildman–Crippen MR) is 69.9 cm³/mol. The number of nitrogens with zero attached hydrogens (tertiary/aromatic N) is 2. The molecule has 0 aromatic heterocycles. The lowest BCUT2D eigenvalue weighted by molar-refractivity contribution is 1.49. The summed E-state index contributed by atoms with van der Waals surface area (Å²) in [6.07, 6.45) is 0. The molecule has 0 bridgehead atoms. The Kier molecular flexibility index (Phi) is 3.51. The van der Waals surface area contributed by atoms with E-state index < -0.39 is 0 Å². The van der Waals surface area contributed by atoms with Gasteiger partial charge in [-0.2, -0.15) is 10.5 Å². The van der Waals surface area contributed by atoms with E-state index >= 15 is 0 Å². The Bertz CT molecular complexity index is 531. The van der Waals surface area contributed by atoms with E-state index in [1.165, 1.54) is 10.6 Å². The summed E-state index contributed by atoms with van der Waals surface area (Å²) < 4.78 is 0. The van der Waals surface area contributed by atoms with Crippen molar-refractivity contribution in [2.24, 2.45) is 0 Å². The van der Waals surface area contributed by atoms with Crippen LogP contribution in [-0.4, -0.2) is 0 Å². The van der Waals surface area contributed by atoms with Crippen LogP contribution in [0.1, 0.15) is 11.1 Å². The van der Waals surface area contributed by atoms with Gasteiger partial charge < -0.3 is 0 Å². The summed E-state index contributed by atoms with van der Waals surface area (Å²) >= 11 is 0. The van der Waals surface area contributed by atoms with Crippen molar-refractivity contribution in [1.82, 2.24) is 0 Å². The Morgan fingerprint density at radius 1 is 0.647 bits per heavy atom. The minimum atomic E-state index is 0.553. The van der Waals surface area contributed by atoms with Gasteiger partial charge in [-0.25, -0.2) is 0 Å². The average Bonchev–Trinajstić information content (AvgIpc) is 2.40. The van der Waals surface area contributed by atoms with Gasteiger partial charge in [0.25, 0.3) is 0 Å². The van der Waals surface area contributed by atoms with Gasteiger partial charge in [-0.3, -0.25) is 0 Å². The smallest absolute Gasteiger partial charge is 0.0991 e. The van der Waals surface area contributed by atoms with Crippen molar-refractivity contribution in [3.8, 4) is 12.1 Å². The van der Waals surface area contributed by atoms with Gasteiger partial charge in [-0.1, -0.05) is 32.8 Å². The Balaban J connectivity index is 2.14. The van der Waals surface area contributed by atoms with Crippen molar-refractivity contribution in [2.75, 3.05) is 0 Å². The number of rotatable bonds is 2. The summed E-state index contributed by atoms with van der Waals surface area (Å²) in [5.41, 5.74) is 1.36. The van der Waals surface area contributed by atoms with Crippen LogP contribution < -0.4 is 10.6 Å². The number of nitriles is 2. The van der Waals surface area contributed by atoms with Crippen molar-refractivity contribution in [3.63, 3.8) is 0 Å². The van der Waals surface area contributed by atoms with Gasteiger partial charge in [-0.05, 0) is 34.9 Å². The van der Waals surface area contributed by atoms with E-state index in [2.05, 4.69) is 12.1 Å². The highest BCUT2D eigenvalue weighted by Crippen LogP contribution is 2.11. The van der Waals surface area contributed by atoms with Gasteiger partial charge in [0.05, 0.1) is 23.3 Å².